The zero-order valence-electron chi connectivity index (χ0n) is 11.4. The summed E-state index contributed by atoms with van der Waals surface area (Å²) in [6.45, 7) is 5.76. The number of rotatable bonds is 2. The van der Waals surface area contributed by atoms with E-state index in [0.717, 1.165) is 16.5 Å². The summed E-state index contributed by atoms with van der Waals surface area (Å²) in [5.41, 5.74) is 1.31. The van der Waals surface area contributed by atoms with Crippen molar-refractivity contribution >= 4 is 16.9 Å². The van der Waals surface area contributed by atoms with Crippen molar-refractivity contribution in [2.75, 3.05) is 0 Å². The van der Waals surface area contributed by atoms with Crippen molar-refractivity contribution < 1.29 is 9.53 Å². The number of fused-ring (bicyclic) bond motifs is 1. The molecule has 0 aliphatic rings. The minimum Gasteiger partial charge on any atom is -0.459 e. The molecule has 0 N–H and O–H groups in total. The Balaban J connectivity index is 2.28. The minimum absolute atomic E-state index is 0.189. The van der Waals surface area contributed by atoms with Crippen molar-refractivity contribution in [2.24, 2.45) is 0 Å². The topological polar surface area (TPSA) is 31.2 Å². The number of terminal acetylenes is 1. The number of hydrogen-bond acceptors (Lipinski definition) is 2. The second kappa shape index (κ2) is 4.81. The Morgan fingerprint density at radius 2 is 2.11 bits per heavy atom. The lowest BCUT2D eigenvalue weighted by molar-refractivity contribution is -0.155. The van der Waals surface area contributed by atoms with Crippen LogP contribution in [0.1, 0.15) is 26.3 Å². The molecule has 0 aliphatic carbocycles. The predicted octanol–water partition coefficient (Wildman–Crippen LogP) is 2.96. The largest absolute Gasteiger partial charge is 0.459 e. The van der Waals surface area contributed by atoms with E-state index in [-0.39, 0.29) is 12.5 Å². The maximum atomic E-state index is 11.8. The van der Waals surface area contributed by atoms with E-state index in [9.17, 15) is 4.79 Å². The van der Waals surface area contributed by atoms with Crippen molar-refractivity contribution in [3.63, 3.8) is 0 Å². The molecule has 0 amide bonds. The predicted molar refractivity (Wildman–Crippen MR) is 75.7 cm³/mol. The zero-order valence-corrected chi connectivity index (χ0v) is 11.4. The first-order valence-corrected chi connectivity index (χ1v) is 6.17. The normalized spacial score (nSPS) is 11.3. The molecule has 1 heterocycles. The lowest BCUT2D eigenvalue weighted by atomic mass is 10.1. The number of carbonyl (C=O) groups excluding carboxylic acids is 1. The summed E-state index contributed by atoms with van der Waals surface area (Å²) in [6, 6.07) is 7.65. The highest BCUT2D eigenvalue weighted by atomic mass is 16.6. The number of benzene rings is 1. The molecule has 0 saturated heterocycles. The molecular formula is C16H17NO2. The van der Waals surface area contributed by atoms with Gasteiger partial charge in [0.15, 0.2) is 0 Å². The van der Waals surface area contributed by atoms with Crippen LogP contribution >= 0.6 is 0 Å². The fourth-order valence-electron chi connectivity index (χ4n) is 2.00. The summed E-state index contributed by atoms with van der Waals surface area (Å²) >= 11 is 0. The summed E-state index contributed by atoms with van der Waals surface area (Å²) in [5, 5.41) is 0.980. The van der Waals surface area contributed by atoms with E-state index in [4.69, 9.17) is 11.2 Å². The van der Waals surface area contributed by atoms with Crippen LogP contribution in [0.3, 0.4) is 0 Å². The second-order valence-corrected chi connectivity index (χ2v) is 5.41. The number of aromatic nitrogens is 1. The van der Waals surface area contributed by atoms with Crippen molar-refractivity contribution in [1.29, 1.82) is 0 Å². The SMILES string of the molecule is C#Cc1cccc2c1ccn2CC(=O)OC(C)(C)C. The number of ether oxygens (including phenoxy) is 1. The van der Waals surface area contributed by atoms with Crippen LogP contribution in [0.4, 0.5) is 0 Å². The Morgan fingerprint density at radius 1 is 1.37 bits per heavy atom. The average Bonchev–Trinajstić information content (AvgIpc) is 2.70. The lowest BCUT2D eigenvalue weighted by Gasteiger charge is -2.19. The maximum Gasteiger partial charge on any atom is 0.326 e. The molecular weight excluding hydrogens is 238 g/mol. The molecule has 1 aromatic heterocycles. The van der Waals surface area contributed by atoms with E-state index < -0.39 is 5.60 Å². The van der Waals surface area contributed by atoms with Crippen LogP contribution in [0.15, 0.2) is 30.5 Å². The molecule has 2 rings (SSSR count). The van der Waals surface area contributed by atoms with E-state index in [1.807, 2.05) is 55.8 Å². The number of nitrogens with zero attached hydrogens (tertiary/aromatic N) is 1. The van der Waals surface area contributed by atoms with Gasteiger partial charge >= 0.3 is 5.97 Å². The van der Waals surface area contributed by atoms with E-state index >= 15 is 0 Å². The third kappa shape index (κ3) is 2.97. The molecule has 0 fully saturated rings. The highest BCUT2D eigenvalue weighted by molar-refractivity contribution is 5.87. The van der Waals surface area contributed by atoms with Crippen LogP contribution < -0.4 is 0 Å². The van der Waals surface area contributed by atoms with Gasteiger partial charge in [-0.1, -0.05) is 12.0 Å². The van der Waals surface area contributed by atoms with Gasteiger partial charge in [-0.3, -0.25) is 4.79 Å². The molecule has 0 spiro atoms. The van der Waals surface area contributed by atoms with E-state index in [1.165, 1.54) is 0 Å². The number of esters is 1. The highest BCUT2D eigenvalue weighted by Crippen LogP contribution is 2.20. The van der Waals surface area contributed by atoms with Crippen LogP contribution in [0.25, 0.3) is 10.9 Å². The molecule has 0 saturated carbocycles. The van der Waals surface area contributed by atoms with Gasteiger partial charge in [0, 0.05) is 22.7 Å². The third-order valence-corrected chi connectivity index (χ3v) is 2.69. The van der Waals surface area contributed by atoms with Gasteiger partial charge in [0.2, 0.25) is 0 Å². The first-order chi connectivity index (χ1) is 8.90. The minimum atomic E-state index is -0.468. The second-order valence-electron chi connectivity index (χ2n) is 5.41. The van der Waals surface area contributed by atoms with Crippen molar-refractivity contribution in [2.45, 2.75) is 32.9 Å². The van der Waals surface area contributed by atoms with Gasteiger partial charge in [-0.15, -0.1) is 6.42 Å². The first-order valence-electron chi connectivity index (χ1n) is 6.17. The van der Waals surface area contributed by atoms with Crippen LogP contribution in [0, 0.1) is 12.3 Å². The zero-order chi connectivity index (χ0) is 14.0. The maximum absolute atomic E-state index is 11.8. The van der Waals surface area contributed by atoms with Crippen molar-refractivity contribution in [3.05, 3.63) is 36.0 Å². The summed E-state index contributed by atoms with van der Waals surface area (Å²) < 4.78 is 7.17. The van der Waals surface area contributed by atoms with Crippen molar-refractivity contribution in [1.82, 2.24) is 4.57 Å². The molecule has 1 aromatic carbocycles. The van der Waals surface area contributed by atoms with Gasteiger partial charge in [0.05, 0.1) is 0 Å². The van der Waals surface area contributed by atoms with Gasteiger partial charge in [-0.05, 0) is 39.0 Å². The Labute approximate surface area is 113 Å². The molecule has 3 nitrogen and oxygen atoms in total. The molecule has 98 valence electrons. The van der Waals surface area contributed by atoms with E-state index in [0.29, 0.717) is 0 Å². The molecule has 0 unspecified atom stereocenters. The number of hydrogen-bond donors (Lipinski definition) is 0. The first kappa shape index (κ1) is 13.2. The lowest BCUT2D eigenvalue weighted by Crippen LogP contribution is -2.26. The molecule has 0 radical (unpaired) electrons. The molecule has 0 aliphatic heterocycles. The molecule has 3 heteroatoms. The van der Waals surface area contributed by atoms with Gasteiger partial charge in [0.25, 0.3) is 0 Å². The Hall–Kier alpha value is -2.21. The Bertz CT molecular complexity index is 653. The molecule has 19 heavy (non-hydrogen) atoms. The quantitative estimate of drug-likeness (QED) is 0.610. The Kier molecular flexibility index (Phi) is 3.35. The Morgan fingerprint density at radius 3 is 2.74 bits per heavy atom. The van der Waals surface area contributed by atoms with Gasteiger partial charge in [-0.2, -0.15) is 0 Å². The highest BCUT2D eigenvalue weighted by Gasteiger charge is 2.17. The smallest absolute Gasteiger partial charge is 0.326 e. The van der Waals surface area contributed by atoms with E-state index in [1.54, 1.807) is 0 Å². The third-order valence-electron chi connectivity index (χ3n) is 2.69. The molecule has 0 bridgehead atoms. The van der Waals surface area contributed by atoms with Gasteiger partial charge in [0.1, 0.15) is 12.1 Å². The summed E-state index contributed by atoms with van der Waals surface area (Å²) in [6.07, 6.45) is 7.32. The van der Waals surface area contributed by atoms with Crippen LogP contribution in [0.5, 0.6) is 0 Å². The van der Waals surface area contributed by atoms with Gasteiger partial charge < -0.3 is 9.30 Å². The van der Waals surface area contributed by atoms with Crippen LogP contribution in [-0.4, -0.2) is 16.1 Å². The average molecular weight is 255 g/mol. The van der Waals surface area contributed by atoms with Gasteiger partial charge in [-0.25, -0.2) is 0 Å². The van der Waals surface area contributed by atoms with Crippen molar-refractivity contribution in [3.8, 4) is 12.3 Å². The van der Waals surface area contributed by atoms with Crippen LogP contribution in [-0.2, 0) is 16.1 Å². The summed E-state index contributed by atoms with van der Waals surface area (Å²) in [5.74, 6) is 2.39. The number of carbonyl (C=O) groups is 1. The standard InChI is InChI=1S/C16H17NO2/c1-5-12-7-6-8-14-13(12)9-10-17(14)11-15(18)19-16(2,3)4/h1,6-10H,11H2,2-4H3. The fraction of sp³-hybridized carbons (Fsp3) is 0.312. The fourth-order valence-corrected chi connectivity index (χ4v) is 2.00. The molecule has 0 atom stereocenters. The summed E-state index contributed by atoms with van der Waals surface area (Å²) in [4.78, 5) is 11.8. The van der Waals surface area contributed by atoms with Crippen LogP contribution in [0.2, 0.25) is 0 Å². The monoisotopic (exact) mass is 255 g/mol. The summed E-state index contributed by atoms with van der Waals surface area (Å²) in [7, 11) is 0. The molecule has 2 aromatic rings. The van der Waals surface area contributed by atoms with E-state index in [2.05, 4.69) is 5.92 Å².